The van der Waals surface area contributed by atoms with Crippen LogP contribution in [0.4, 0.5) is 0 Å². The number of hydrogen-bond donors (Lipinski definition) is 1. The van der Waals surface area contributed by atoms with Crippen molar-refractivity contribution < 1.29 is 19.5 Å². The molecule has 0 amide bonds. The number of aliphatic hydroxyl groups excluding tert-OH is 1. The Kier molecular flexibility index (Phi) is 4.70. The lowest BCUT2D eigenvalue weighted by atomic mass is 9.81. The van der Waals surface area contributed by atoms with Crippen LogP contribution in [0.5, 0.6) is 0 Å². The first-order valence-corrected chi connectivity index (χ1v) is 7.71. The highest BCUT2D eigenvalue weighted by Crippen LogP contribution is 2.38. The fourth-order valence-electron chi connectivity index (χ4n) is 3.46. The van der Waals surface area contributed by atoms with Crippen molar-refractivity contribution >= 4 is 11.6 Å². The largest absolute Gasteiger partial charge is 0.376 e. The van der Waals surface area contributed by atoms with Gasteiger partial charge < -0.3 is 5.11 Å². The highest BCUT2D eigenvalue weighted by Gasteiger charge is 2.43. The van der Waals surface area contributed by atoms with Crippen molar-refractivity contribution in [2.45, 2.75) is 65.1 Å². The van der Waals surface area contributed by atoms with Crippen molar-refractivity contribution in [3.05, 3.63) is 22.3 Å². The van der Waals surface area contributed by atoms with Crippen LogP contribution in [-0.2, 0) is 14.4 Å². The maximum Gasteiger partial charge on any atom is 0.185 e. The molecule has 0 aromatic heterocycles. The molecule has 1 aliphatic carbocycles. The van der Waals surface area contributed by atoms with Crippen LogP contribution in [0.25, 0.3) is 0 Å². The standard InChI is InChI=1S/C17H25NO4/c1-10-11(2)16(21)13(12(3)15(10)20)6-8-17(4)9-7-14(19)18(17)22-5/h14,19H,6-9H2,1-5H3. The molecular weight excluding hydrogens is 282 g/mol. The molecule has 1 fully saturated rings. The number of rotatable bonds is 4. The van der Waals surface area contributed by atoms with E-state index < -0.39 is 6.23 Å². The minimum absolute atomic E-state index is 0.0271. The normalized spacial score (nSPS) is 30.7. The Bertz CT molecular complexity index is 575. The molecule has 0 aromatic carbocycles. The molecule has 2 unspecified atom stereocenters. The lowest BCUT2D eigenvalue weighted by Crippen LogP contribution is -2.44. The second-order valence-electron chi connectivity index (χ2n) is 6.54. The SMILES string of the molecule is CON1C(O)CCC1(C)CCC1=C(C)C(=O)C(C)=C(C)C1=O. The van der Waals surface area contributed by atoms with Gasteiger partial charge in [0.15, 0.2) is 11.6 Å². The van der Waals surface area contributed by atoms with E-state index in [2.05, 4.69) is 0 Å². The lowest BCUT2D eigenvalue weighted by Gasteiger charge is -2.35. The minimum atomic E-state index is -0.613. The Balaban J connectivity index is 2.18. The number of hydroxylamine groups is 2. The summed E-state index contributed by atoms with van der Waals surface area (Å²) in [5.41, 5.74) is 1.93. The first kappa shape index (κ1) is 17.1. The molecule has 122 valence electrons. The molecule has 1 heterocycles. The van der Waals surface area contributed by atoms with Gasteiger partial charge in [-0.3, -0.25) is 14.4 Å². The van der Waals surface area contributed by atoms with Gasteiger partial charge >= 0.3 is 0 Å². The van der Waals surface area contributed by atoms with E-state index in [9.17, 15) is 14.7 Å². The molecule has 0 spiro atoms. The molecule has 0 saturated carbocycles. The average Bonchev–Trinajstić information content (AvgIpc) is 2.78. The summed E-state index contributed by atoms with van der Waals surface area (Å²) < 4.78 is 0. The van der Waals surface area contributed by atoms with Gasteiger partial charge in [0.25, 0.3) is 0 Å². The monoisotopic (exact) mass is 307 g/mol. The van der Waals surface area contributed by atoms with Crippen molar-refractivity contribution in [3.8, 4) is 0 Å². The van der Waals surface area contributed by atoms with E-state index in [1.807, 2.05) is 6.92 Å². The first-order valence-electron chi connectivity index (χ1n) is 7.71. The third-order valence-electron chi connectivity index (χ3n) is 5.17. The van der Waals surface area contributed by atoms with Crippen LogP contribution in [0, 0.1) is 0 Å². The highest BCUT2D eigenvalue weighted by molar-refractivity contribution is 6.24. The van der Waals surface area contributed by atoms with Gasteiger partial charge in [-0.05, 0) is 53.4 Å². The number of carbonyl (C=O) groups excluding carboxylic acids is 2. The van der Waals surface area contributed by atoms with E-state index in [1.54, 1.807) is 32.9 Å². The molecule has 0 bridgehead atoms. The van der Waals surface area contributed by atoms with Gasteiger partial charge in [-0.2, -0.15) is 5.06 Å². The Morgan fingerprint density at radius 3 is 2.36 bits per heavy atom. The third-order valence-corrected chi connectivity index (χ3v) is 5.17. The Morgan fingerprint density at radius 2 is 1.77 bits per heavy atom. The number of hydrogen-bond acceptors (Lipinski definition) is 5. The fourth-order valence-corrected chi connectivity index (χ4v) is 3.46. The number of allylic oxidation sites excluding steroid dienone is 4. The van der Waals surface area contributed by atoms with Crippen LogP contribution >= 0.6 is 0 Å². The van der Waals surface area contributed by atoms with E-state index in [-0.39, 0.29) is 17.1 Å². The van der Waals surface area contributed by atoms with Crippen molar-refractivity contribution in [1.82, 2.24) is 5.06 Å². The Morgan fingerprint density at radius 1 is 1.18 bits per heavy atom. The summed E-state index contributed by atoms with van der Waals surface area (Å²) in [4.78, 5) is 29.9. The van der Waals surface area contributed by atoms with Gasteiger partial charge in [0.1, 0.15) is 6.23 Å². The van der Waals surface area contributed by atoms with Crippen molar-refractivity contribution in [3.63, 3.8) is 0 Å². The zero-order chi connectivity index (χ0) is 16.7. The molecule has 2 rings (SSSR count). The van der Waals surface area contributed by atoms with Gasteiger partial charge in [-0.15, -0.1) is 0 Å². The zero-order valence-corrected chi connectivity index (χ0v) is 14.0. The second kappa shape index (κ2) is 6.07. The van der Waals surface area contributed by atoms with Crippen molar-refractivity contribution in [1.29, 1.82) is 0 Å². The molecule has 1 N–H and O–H groups in total. The number of ketones is 2. The number of Topliss-reactive ketones (excluding diaryl/α,β-unsaturated/α-hetero) is 2. The number of aliphatic hydroxyl groups is 1. The topological polar surface area (TPSA) is 66.8 Å². The van der Waals surface area contributed by atoms with E-state index >= 15 is 0 Å². The molecule has 1 aliphatic heterocycles. The Labute approximate surface area is 131 Å². The molecule has 0 radical (unpaired) electrons. The van der Waals surface area contributed by atoms with Crippen molar-refractivity contribution in [2.75, 3.05) is 7.11 Å². The predicted octanol–water partition coefficient (Wildman–Crippen LogP) is 2.31. The van der Waals surface area contributed by atoms with Crippen LogP contribution in [-0.4, -0.2) is 40.6 Å². The van der Waals surface area contributed by atoms with E-state index in [1.165, 1.54) is 0 Å². The first-order chi connectivity index (χ1) is 10.2. The summed E-state index contributed by atoms with van der Waals surface area (Å²) in [6.45, 7) is 7.17. The van der Waals surface area contributed by atoms with E-state index in [0.717, 1.165) is 6.42 Å². The maximum absolute atomic E-state index is 12.5. The summed E-state index contributed by atoms with van der Waals surface area (Å²) in [5, 5.41) is 11.5. The zero-order valence-electron chi connectivity index (χ0n) is 14.0. The van der Waals surface area contributed by atoms with Crippen LogP contribution in [0.3, 0.4) is 0 Å². The van der Waals surface area contributed by atoms with Gasteiger partial charge in [0, 0.05) is 27.8 Å². The van der Waals surface area contributed by atoms with Gasteiger partial charge in [0.2, 0.25) is 0 Å². The maximum atomic E-state index is 12.5. The van der Waals surface area contributed by atoms with Gasteiger partial charge in [-0.25, -0.2) is 0 Å². The molecule has 5 heteroatoms. The average molecular weight is 307 g/mol. The molecule has 0 aromatic rings. The summed E-state index contributed by atoms with van der Waals surface area (Å²) in [5.74, 6) is -0.0620. The number of nitrogens with zero attached hydrogens (tertiary/aromatic N) is 1. The van der Waals surface area contributed by atoms with Crippen LogP contribution in [0.15, 0.2) is 22.3 Å². The molecule has 2 atom stereocenters. The number of carbonyl (C=O) groups is 2. The van der Waals surface area contributed by atoms with E-state index in [0.29, 0.717) is 41.6 Å². The molecule has 2 aliphatic rings. The minimum Gasteiger partial charge on any atom is -0.376 e. The second-order valence-corrected chi connectivity index (χ2v) is 6.54. The van der Waals surface area contributed by atoms with Crippen LogP contribution in [0.1, 0.15) is 53.4 Å². The Hall–Kier alpha value is -1.30. The van der Waals surface area contributed by atoms with E-state index in [4.69, 9.17) is 4.84 Å². The third kappa shape index (κ3) is 2.69. The summed E-state index contributed by atoms with van der Waals surface area (Å²) in [7, 11) is 1.54. The fraction of sp³-hybridized carbons (Fsp3) is 0.647. The molecule has 5 nitrogen and oxygen atoms in total. The van der Waals surface area contributed by atoms with Gasteiger partial charge in [-0.1, -0.05) is 0 Å². The predicted molar refractivity (Wildman–Crippen MR) is 82.8 cm³/mol. The van der Waals surface area contributed by atoms with Gasteiger partial charge in [0.05, 0.1) is 7.11 Å². The molecule has 22 heavy (non-hydrogen) atoms. The van der Waals surface area contributed by atoms with Crippen molar-refractivity contribution in [2.24, 2.45) is 0 Å². The summed E-state index contributed by atoms with van der Waals surface area (Å²) in [6.07, 6.45) is 2.01. The smallest absolute Gasteiger partial charge is 0.185 e. The summed E-state index contributed by atoms with van der Waals surface area (Å²) >= 11 is 0. The van der Waals surface area contributed by atoms with Crippen LogP contribution in [0.2, 0.25) is 0 Å². The quantitative estimate of drug-likeness (QED) is 0.807. The van der Waals surface area contributed by atoms with Crippen LogP contribution < -0.4 is 0 Å². The molecular formula is C17H25NO4. The summed E-state index contributed by atoms with van der Waals surface area (Å²) in [6, 6.07) is 0. The molecule has 1 saturated heterocycles. The lowest BCUT2D eigenvalue weighted by molar-refractivity contribution is -0.246. The highest BCUT2D eigenvalue weighted by atomic mass is 16.7.